The fraction of sp³-hybridized carbons (Fsp3) is 0.409. The summed E-state index contributed by atoms with van der Waals surface area (Å²) in [6, 6.07) is 13.1. The third-order valence-corrected chi connectivity index (χ3v) is 8.41. The van der Waals surface area contributed by atoms with Crippen molar-refractivity contribution >= 4 is 39.1 Å². The molecular formula is C22H24Cl2N2O3S. The average molecular weight is 467 g/mol. The van der Waals surface area contributed by atoms with Crippen molar-refractivity contribution in [2.75, 3.05) is 19.6 Å². The first-order valence-electron chi connectivity index (χ1n) is 10.1. The van der Waals surface area contributed by atoms with Crippen LogP contribution >= 0.6 is 23.2 Å². The zero-order valence-electron chi connectivity index (χ0n) is 16.6. The quantitative estimate of drug-likeness (QED) is 0.680. The molecule has 0 bridgehead atoms. The van der Waals surface area contributed by atoms with Gasteiger partial charge in [-0.25, -0.2) is 12.7 Å². The van der Waals surface area contributed by atoms with Crippen molar-refractivity contribution in [1.29, 1.82) is 0 Å². The lowest BCUT2D eigenvalue weighted by molar-refractivity contribution is -0.137. The fourth-order valence-electron chi connectivity index (χ4n) is 4.25. The standard InChI is InChI=1S/C22H24Cl2N2O3S/c23-20-6-5-19(21(24)13-20)15-30(28,29)26-11-8-17(9-12-26)22(27)25-10-7-16-3-1-2-4-18(16)14-25/h1-6,13,17H,7-12,14-15H2. The zero-order chi connectivity index (χ0) is 21.3. The Labute approximate surface area is 187 Å². The highest BCUT2D eigenvalue weighted by molar-refractivity contribution is 7.88. The molecule has 30 heavy (non-hydrogen) atoms. The molecule has 160 valence electrons. The minimum absolute atomic E-state index is 0.124. The second-order valence-electron chi connectivity index (χ2n) is 7.94. The summed E-state index contributed by atoms with van der Waals surface area (Å²) in [5.41, 5.74) is 3.05. The molecule has 1 saturated heterocycles. The molecule has 0 aliphatic carbocycles. The third kappa shape index (κ3) is 4.67. The number of amides is 1. The van der Waals surface area contributed by atoms with E-state index in [1.54, 1.807) is 18.2 Å². The highest BCUT2D eigenvalue weighted by atomic mass is 35.5. The number of halogens is 2. The van der Waals surface area contributed by atoms with E-state index in [0.717, 1.165) is 13.0 Å². The van der Waals surface area contributed by atoms with Crippen molar-refractivity contribution < 1.29 is 13.2 Å². The lowest BCUT2D eigenvalue weighted by atomic mass is 9.94. The van der Waals surface area contributed by atoms with Crippen LogP contribution in [0.2, 0.25) is 10.0 Å². The van der Waals surface area contributed by atoms with Crippen LogP contribution in [0.1, 0.15) is 29.5 Å². The molecule has 2 aromatic rings. The first-order chi connectivity index (χ1) is 14.3. The second-order valence-corrected chi connectivity index (χ2v) is 10.8. The Balaban J connectivity index is 1.36. The topological polar surface area (TPSA) is 57.7 Å². The Hall–Kier alpha value is -1.60. The van der Waals surface area contributed by atoms with Gasteiger partial charge >= 0.3 is 0 Å². The van der Waals surface area contributed by atoms with E-state index in [2.05, 4.69) is 12.1 Å². The third-order valence-electron chi connectivity index (χ3n) is 5.99. The Morgan fingerprint density at radius 2 is 1.70 bits per heavy atom. The van der Waals surface area contributed by atoms with Crippen molar-refractivity contribution in [3.8, 4) is 0 Å². The Bertz CT molecular complexity index is 1050. The molecule has 0 unspecified atom stereocenters. The van der Waals surface area contributed by atoms with Gasteiger partial charge in [0.25, 0.3) is 0 Å². The molecule has 0 aromatic heterocycles. The van der Waals surface area contributed by atoms with Gasteiger partial charge in [-0.15, -0.1) is 0 Å². The van der Waals surface area contributed by atoms with E-state index in [-0.39, 0.29) is 17.6 Å². The Morgan fingerprint density at radius 1 is 1.00 bits per heavy atom. The number of rotatable bonds is 4. The van der Waals surface area contributed by atoms with Gasteiger partial charge in [-0.1, -0.05) is 53.5 Å². The van der Waals surface area contributed by atoms with Gasteiger partial charge in [-0.05, 0) is 48.1 Å². The summed E-state index contributed by atoms with van der Waals surface area (Å²) in [6.07, 6.45) is 1.96. The number of hydrogen-bond donors (Lipinski definition) is 0. The zero-order valence-corrected chi connectivity index (χ0v) is 18.9. The molecule has 1 fully saturated rings. The van der Waals surface area contributed by atoms with Crippen molar-refractivity contribution in [2.24, 2.45) is 5.92 Å². The Kier molecular flexibility index (Phi) is 6.39. The summed E-state index contributed by atoms with van der Waals surface area (Å²) >= 11 is 12.0. The van der Waals surface area contributed by atoms with Crippen molar-refractivity contribution in [1.82, 2.24) is 9.21 Å². The van der Waals surface area contributed by atoms with E-state index in [1.807, 2.05) is 17.0 Å². The first kappa shape index (κ1) is 21.6. The van der Waals surface area contributed by atoms with Crippen LogP contribution in [0.4, 0.5) is 0 Å². The molecule has 1 amide bonds. The average Bonchev–Trinajstić information content (AvgIpc) is 2.75. The van der Waals surface area contributed by atoms with E-state index in [1.165, 1.54) is 15.4 Å². The number of hydrogen-bond acceptors (Lipinski definition) is 3. The predicted octanol–water partition coefficient (Wildman–Crippen LogP) is 4.12. The van der Waals surface area contributed by atoms with Crippen LogP contribution in [-0.2, 0) is 33.5 Å². The summed E-state index contributed by atoms with van der Waals surface area (Å²) in [7, 11) is -3.50. The summed E-state index contributed by atoms with van der Waals surface area (Å²) in [4.78, 5) is 14.9. The normalized spacial score (nSPS) is 18.3. The van der Waals surface area contributed by atoms with Gasteiger partial charge in [0.2, 0.25) is 15.9 Å². The van der Waals surface area contributed by atoms with Gasteiger partial charge in [-0.3, -0.25) is 4.79 Å². The van der Waals surface area contributed by atoms with Gasteiger partial charge in [0.05, 0.1) is 5.75 Å². The number of carbonyl (C=O) groups excluding carboxylic acids is 1. The van der Waals surface area contributed by atoms with Crippen molar-refractivity contribution in [3.63, 3.8) is 0 Å². The van der Waals surface area contributed by atoms with E-state index in [0.29, 0.717) is 48.1 Å². The maximum absolute atomic E-state index is 13.0. The highest BCUT2D eigenvalue weighted by Crippen LogP contribution is 2.28. The van der Waals surface area contributed by atoms with Crippen LogP contribution in [0, 0.1) is 5.92 Å². The molecule has 4 rings (SSSR count). The molecule has 0 radical (unpaired) electrons. The maximum atomic E-state index is 13.0. The number of carbonyl (C=O) groups is 1. The van der Waals surface area contributed by atoms with E-state index in [9.17, 15) is 13.2 Å². The molecule has 5 nitrogen and oxygen atoms in total. The van der Waals surface area contributed by atoms with Gasteiger partial charge in [0.15, 0.2) is 0 Å². The highest BCUT2D eigenvalue weighted by Gasteiger charge is 2.34. The van der Waals surface area contributed by atoms with Crippen molar-refractivity contribution in [3.05, 3.63) is 69.2 Å². The molecule has 2 aliphatic rings. The van der Waals surface area contributed by atoms with Gasteiger partial charge in [0, 0.05) is 42.1 Å². The number of nitrogens with zero attached hydrogens (tertiary/aromatic N) is 2. The molecular weight excluding hydrogens is 443 g/mol. The van der Waals surface area contributed by atoms with Crippen LogP contribution in [0.15, 0.2) is 42.5 Å². The minimum Gasteiger partial charge on any atom is -0.338 e. The summed E-state index contributed by atoms with van der Waals surface area (Å²) in [5, 5.41) is 0.822. The number of piperidine rings is 1. The van der Waals surface area contributed by atoms with E-state index in [4.69, 9.17) is 23.2 Å². The molecule has 0 saturated carbocycles. The molecule has 0 atom stereocenters. The molecule has 8 heteroatoms. The van der Waals surface area contributed by atoms with Crippen molar-refractivity contribution in [2.45, 2.75) is 31.6 Å². The molecule has 2 heterocycles. The molecule has 2 aromatic carbocycles. The lowest BCUT2D eigenvalue weighted by Crippen LogP contribution is -2.45. The van der Waals surface area contributed by atoms with Crippen LogP contribution in [-0.4, -0.2) is 43.2 Å². The van der Waals surface area contributed by atoms with Gasteiger partial charge < -0.3 is 4.90 Å². The Morgan fingerprint density at radius 3 is 2.40 bits per heavy atom. The SMILES string of the molecule is O=C(C1CCN(S(=O)(=O)Cc2ccc(Cl)cc2Cl)CC1)N1CCc2ccccc2C1. The molecule has 0 spiro atoms. The second kappa shape index (κ2) is 8.87. The van der Waals surface area contributed by atoms with Crippen LogP contribution in [0.5, 0.6) is 0 Å². The summed E-state index contributed by atoms with van der Waals surface area (Å²) in [6.45, 7) is 2.08. The smallest absolute Gasteiger partial charge is 0.226 e. The minimum atomic E-state index is -3.50. The maximum Gasteiger partial charge on any atom is 0.226 e. The van der Waals surface area contributed by atoms with Crippen LogP contribution < -0.4 is 0 Å². The number of benzene rings is 2. The lowest BCUT2D eigenvalue weighted by Gasteiger charge is -2.35. The largest absolute Gasteiger partial charge is 0.338 e. The molecule has 2 aliphatic heterocycles. The molecule has 0 N–H and O–H groups in total. The van der Waals surface area contributed by atoms with Gasteiger partial charge in [-0.2, -0.15) is 0 Å². The van der Waals surface area contributed by atoms with Gasteiger partial charge in [0.1, 0.15) is 0 Å². The van der Waals surface area contributed by atoms with Crippen LogP contribution in [0.3, 0.4) is 0 Å². The number of sulfonamides is 1. The first-order valence-corrected chi connectivity index (χ1v) is 12.5. The predicted molar refractivity (Wildman–Crippen MR) is 119 cm³/mol. The summed E-state index contributed by atoms with van der Waals surface area (Å²) < 4.78 is 27.2. The fourth-order valence-corrected chi connectivity index (χ4v) is 6.40. The van der Waals surface area contributed by atoms with Crippen LogP contribution in [0.25, 0.3) is 0 Å². The monoisotopic (exact) mass is 466 g/mol. The van der Waals surface area contributed by atoms with E-state index < -0.39 is 10.0 Å². The number of fused-ring (bicyclic) bond motifs is 1. The van der Waals surface area contributed by atoms with E-state index >= 15 is 0 Å². The summed E-state index contributed by atoms with van der Waals surface area (Å²) in [5.74, 6) is -0.145.